The summed E-state index contributed by atoms with van der Waals surface area (Å²) in [5, 5.41) is 0. The highest BCUT2D eigenvalue weighted by atomic mass is 16.3. The largest absolute Gasteiger partial charge is 0.468 e. The monoisotopic (exact) mass is 137 g/mol. The Morgan fingerprint density at radius 3 is 2.00 bits per heavy atom. The van der Waals surface area contributed by atoms with Gasteiger partial charge in [-0.25, -0.2) is 0 Å². The smallest absolute Gasteiger partial charge is 0.116 e. The molecular formula is C8H11NO. The average Bonchev–Trinajstić information content (AvgIpc) is 2.30. The molecule has 0 amide bonds. The molecular weight excluding hydrogens is 126 g/mol. The fourth-order valence-corrected chi connectivity index (χ4v) is 1.30. The molecule has 0 fully saturated rings. The van der Waals surface area contributed by atoms with Crippen molar-refractivity contribution in [3.05, 3.63) is 12.5 Å². The maximum atomic E-state index is 4.97. The van der Waals surface area contributed by atoms with Gasteiger partial charge in [0, 0.05) is 5.54 Å². The van der Waals surface area contributed by atoms with E-state index < -0.39 is 0 Å². The van der Waals surface area contributed by atoms with Crippen molar-refractivity contribution < 1.29 is 4.42 Å². The Balaban J connectivity index is 2.25. The SMILES string of the molecule is CC(C)(C)N1c2cocc21. The van der Waals surface area contributed by atoms with Crippen molar-refractivity contribution in [2.24, 2.45) is 0 Å². The lowest BCUT2D eigenvalue weighted by molar-refractivity contribution is 0.536. The zero-order chi connectivity index (χ0) is 7.35. The van der Waals surface area contributed by atoms with E-state index in [9.17, 15) is 0 Å². The number of nitrogens with zero attached hydrogens (tertiary/aromatic N) is 1. The quantitative estimate of drug-likeness (QED) is 0.511. The van der Waals surface area contributed by atoms with Crippen LogP contribution in [-0.2, 0) is 0 Å². The molecule has 0 aliphatic carbocycles. The van der Waals surface area contributed by atoms with E-state index in [1.165, 1.54) is 11.4 Å². The second-order valence-electron chi connectivity index (χ2n) is 3.65. The van der Waals surface area contributed by atoms with Crippen LogP contribution in [0.5, 0.6) is 0 Å². The molecule has 0 bridgehead atoms. The van der Waals surface area contributed by atoms with Crippen LogP contribution in [0.4, 0.5) is 11.4 Å². The highest BCUT2D eigenvalue weighted by molar-refractivity contribution is 5.92. The summed E-state index contributed by atoms with van der Waals surface area (Å²) in [5.41, 5.74) is 2.71. The molecule has 0 aromatic carbocycles. The van der Waals surface area contributed by atoms with E-state index in [-0.39, 0.29) is 5.54 Å². The maximum absolute atomic E-state index is 4.97. The van der Waals surface area contributed by atoms with Gasteiger partial charge in [0.2, 0.25) is 0 Å². The van der Waals surface area contributed by atoms with E-state index >= 15 is 0 Å². The van der Waals surface area contributed by atoms with Crippen molar-refractivity contribution in [1.82, 2.24) is 0 Å². The lowest BCUT2D eigenvalue weighted by Crippen LogP contribution is -2.27. The van der Waals surface area contributed by atoms with Gasteiger partial charge >= 0.3 is 0 Å². The molecule has 0 atom stereocenters. The average molecular weight is 137 g/mol. The summed E-state index contributed by atoms with van der Waals surface area (Å²) in [5.74, 6) is 0. The highest BCUT2D eigenvalue weighted by Crippen LogP contribution is 2.53. The third kappa shape index (κ3) is 0.589. The molecule has 2 heterocycles. The first-order chi connectivity index (χ1) is 4.61. The molecule has 2 nitrogen and oxygen atoms in total. The molecule has 1 aromatic heterocycles. The van der Waals surface area contributed by atoms with Crippen LogP contribution in [0.25, 0.3) is 0 Å². The maximum Gasteiger partial charge on any atom is 0.116 e. The van der Waals surface area contributed by atoms with E-state index in [4.69, 9.17) is 4.42 Å². The molecule has 2 heteroatoms. The molecule has 1 aliphatic heterocycles. The molecule has 0 saturated heterocycles. The van der Waals surface area contributed by atoms with E-state index in [1.807, 2.05) is 0 Å². The van der Waals surface area contributed by atoms with Crippen LogP contribution in [0, 0.1) is 0 Å². The number of hydrogen-bond acceptors (Lipinski definition) is 2. The second kappa shape index (κ2) is 1.39. The molecule has 0 radical (unpaired) electrons. The predicted molar refractivity (Wildman–Crippen MR) is 40.6 cm³/mol. The fourth-order valence-electron chi connectivity index (χ4n) is 1.30. The minimum atomic E-state index is 0.224. The summed E-state index contributed by atoms with van der Waals surface area (Å²) in [6.07, 6.45) is 3.58. The van der Waals surface area contributed by atoms with Crippen LogP contribution in [0.15, 0.2) is 16.9 Å². The molecule has 54 valence electrons. The van der Waals surface area contributed by atoms with E-state index in [2.05, 4.69) is 25.7 Å². The van der Waals surface area contributed by atoms with Crippen molar-refractivity contribution in [1.29, 1.82) is 0 Å². The Hall–Kier alpha value is -0.920. The second-order valence-corrected chi connectivity index (χ2v) is 3.65. The molecule has 1 aromatic rings. The van der Waals surface area contributed by atoms with Gasteiger partial charge in [0.05, 0.1) is 0 Å². The standard InChI is InChI=1S/C8H11NO/c1-8(2,3)9-6-4-10-5-7(6)9/h4-5H,1-3H3. The van der Waals surface area contributed by atoms with Gasteiger partial charge in [-0.3, -0.25) is 0 Å². The first-order valence-corrected chi connectivity index (χ1v) is 3.47. The molecule has 1 aliphatic rings. The van der Waals surface area contributed by atoms with Gasteiger partial charge in [0.1, 0.15) is 23.9 Å². The minimum absolute atomic E-state index is 0.224. The summed E-state index contributed by atoms with van der Waals surface area (Å²) in [7, 11) is 0. The van der Waals surface area contributed by atoms with Gasteiger partial charge in [0.25, 0.3) is 0 Å². The summed E-state index contributed by atoms with van der Waals surface area (Å²) in [4.78, 5) is 2.26. The number of furan rings is 1. The van der Waals surface area contributed by atoms with Crippen LogP contribution >= 0.6 is 0 Å². The molecule has 2 rings (SSSR count). The minimum Gasteiger partial charge on any atom is -0.468 e. The topological polar surface area (TPSA) is 16.1 Å². The van der Waals surface area contributed by atoms with E-state index in [0.717, 1.165) is 0 Å². The molecule has 10 heavy (non-hydrogen) atoms. The number of hydrogen-bond donors (Lipinski definition) is 0. The Morgan fingerprint density at radius 1 is 1.20 bits per heavy atom. The lowest BCUT2D eigenvalue weighted by atomic mass is 10.1. The third-order valence-electron chi connectivity index (χ3n) is 1.72. The summed E-state index contributed by atoms with van der Waals surface area (Å²) in [6, 6.07) is 0. The van der Waals surface area contributed by atoms with Gasteiger partial charge in [-0.1, -0.05) is 0 Å². The number of rotatable bonds is 0. The Bertz CT molecular complexity index is 238. The van der Waals surface area contributed by atoms with Gasteiger partial charge in [-0.05, 0) is 20.8 Å². The summed E-state index contributed by atoms with van der Waals surface area (Å²) < 4.78 is 4.97. The summed E-state index contributed by atoms with van der Waals surface area (Å²) >= 11 is 0. The zero-order valence-electron chi connectivity index (χ0n) is 6.51. The van der Waals surface area contributed by atoms with Gasteiger partial charge in [-0.15, -0.1) is 0 Å². The predicted octanol–water partition coefficient (Wildman–Crippen LogP) is 2.53. The molecule has 0 saturated carbocycles. The van der Waals surface area contributed by atoms with Crippen molar-refractivity contribution >= 4 is 11.4 Å². The molecule has 0 unspecified atom stereocenters. The summed E-state index contributed by atoms with van der Waals surface area (Å²) in [6.45, 7) is 6.56. The van der Waals surface area contributed by atoms with Crippen LogP contribution < -0.4 is 4.90 Å². The van der Waals surface area contributed by atoms with Crippen molar-refractivity contribution in [2.75, 3.05) is 4.90 Å². The van der Waals surface area contributed by atoms with Gasteiger partial charge < -0.3 is 9.32 Å². The fraction of sp³-hybridized carbons (Fsp3) is 0.500. The zero-order valence-corrected chi connectivity index (χ0v) is 6.51. The Kier molecular flexibility index (Phi) is 0.810. The normalized spacial score (nSPS) is 15.3. The first kappa shape index (κ1) is 5.83. The Morgan fingerprint density at radius 2 is 1.70 bits per heavy atom. The lowest BCUT2D eigenvalue weighted by Gasteiger charge is -2.21. The van der Waals surface area contributed by atoms with Crippen molar-refractivity contribution in [2.45, 2.75) is 26.3 Å². The van der Waals surface area contributed by atoms with Gasteiger partial charge in [-0.2, -0.15) is 0 Å². The number of anilines is 2. The van der Waals surface area contributed by atoms with Crippen molar-refractivity contribution in [3.8, 4) is 0 Å². The van der Waals surface area contributed by atoms with Crippen LogP contribution in [0.1, 0.15) is 20.8 Å². The number of fused-ring (bicyclic) bond motifs is 1. The third-order valence-corrected chi connectivity index (χ3v) is 1.72. The Labute approximate surface area is 60.4 Å². The van der Waals surface area contributed by atoms with E-state index in [0.29, 0.717) is 0 Å². The van der Waals surface area contributed by atoms with Crippen LogP contribution in [0.3, 0.4) is 0 Å². The van der Waals surface area contributed by atoms with Crippen LogP contribution in [-0.4, -0.2) is 5.54 Å². The molecule has 0 N–H and O–H groups in total. The van der Waals surface area contributed by atoms with E-state index in [1.54, 1.807) is 12.5 Å². The molecule has 0 spiro atoms. The van der Waals surface area contributed by atoms with Crippen molar-refractivity contribution in [3.63, 3.8) is 0 Å². The van der Waals surface area contributed by atoms with Gasteiger partial charge in [0.15, 0.2) is 0 Å². The van der Waals surface area contributed by atoms with Crippen LogP contribution in [0.2, 0.25) is 0 Å². The highest BCUT2D eigenvalue weighted by Gasteiger charge is 2.39. The first-order valence-electron chi connectivity index (χ1n) is 3.47.